The van der Waals surface area contributed by atoms with Crippen LogP contribution in [-0.2, 0) is 0 Å². The molecule has 4 nitrogen and oxygen atoms in total. The van der Waals surface area contributed by atoms with Crippen molar-refractivity contribution < 1.29 is 5.11 Å². The minimum absolute atomic E-state index is 0.119. The van der Waals surface area contributed by atoms with Crippen LogP contribution in [0, 0.1) is 0 Å². The normalized spacial score (nSPS) is 9.00. The number of unbranched alkanes of at least 4 members (excludes halogenated alkanes) is 4. The van der Waals surface area contributed by atoms with E-state index in [-0.39, 0.29) is 6.73 Å². The van der Waals surface area contributed by atoms with E-state index >= 15 is 0 Å². The van der Waals surface area contributed by atoms with E-state index in [1.807, 2.05) is 0 Å². The van der Waals surface area contributed by atoms with Crippen LogP contribution in [0.25, 0.3) is 0 Å². The summed E-state index contributed by atoms with van der Waals surface area (Å²) in [6.07, 6.45) is 6.47. The van der Waals surface area contributed by atoms with Crippen LogP contribution in [0.4, 0.5) is 0 Å². The van der Waals surface area contributed by atoms with E-state index in [2.05, 4.69) is 23.9 Å². The summed E-state index contributed by atoms with van der Waals surface area (Å²) in [5.41, 5.74) is 0. The van der Waals surface area contributed by atoms with Crippen molar-refractivity contribution in [3.63, 3.8) is 0 Å². The monoisotopic (exact) mass is 177 g/mol. The first-order valence-corrected chi connectivity index (χ1v) is 4.56. The van der Waals surface area contributed by atoms with Gasteiger partial charge in [0.15, 0.2) is 0 Å². The lowest BCUT2D eigenvalue weighted by Crippen LogP contribution is -2.15. The highest BCUT2D eigenvalue weighted by Crippen LogP contribution is 2.00. The molecule has 0 fully saturated rings. The Morgan fingerprint density at radius 1 is 1.08 bits per heavy atom. The van der Waals surface area contributed by atoms with Gasteiger partial charge in [-0.05, 0) is 13.0 Å². The van der Waals surface area contributed by atoms with Gasteiger partial charge in [-0.25, -0.2) is 0 Å². The number of aliphatic hydroxyl groups is 1. The van der Waals surface area contributed by atoms with Gasteiger partial charge in [0.2, 0.25) is 0 Å². The fourth-order valence-electron chi connectivity index (χ4n) is 0.933. The van der Waals surface area contributed by atoms with Gasteiger partial charge < -0.3 is 5.11 Å². The molecule has 0 heterocycles. The van der Waals surface area contributed by atoms with Crippen LogP contribution in [0.1, 0.15) is 39.0 Å². The van der Waals surface area contributed by atoms with E-state index in [0.717, 1.165) is 6.54 Å². The van der Waals surface area contributed by atoms with Gasteiger partial charge in [-0.15, -0.1) is 0 Å². The Hall–Kier alpha value is -0.160. The van der Waals surface area contributed by atoms with E-state index in [1.165, 1.54) is 32.1 Å². The van der Waals surface area contributed by atoms with Crippen LogP contribution >= 0.6 is 0 Å². The highest BCUT2D eigenvalue weighted by atomic mass is 16.3. The second-order valence-corrected chi connectivity index (χ2v) is 2.57. The van der Waals surface area contributed by atoms with Crippen LogP contribution in [-0.4, -0.2) is 18.4 Å². The molecule has 0 amide bonds. The van der Waals surface area contributed by atoms with Gasteiger partial charge in [-0.3, -0.25) is 17.0 Å². The molecule has 0 rings (SSSR count). The summed E-state index contributed by atoms with van der Waals surface area (Å²) < 4.78 is 0. The first-order chi connectivity index (χ1) is 5.91. The maximum absolute atomic E-state index is 8.36. The van der Waals surface area contributed by atoms with E-state index in [1.54, 1.807) is 0 Å². The molecule has 12 heavy (non-hydrogen) atoms. The molecule has 0 spiro atoms. The standard InChI is InChI=1S/C8H19NO.H4N2/c1-2-3-4-5-6-7-9-8-10;1-2/h9-10H,2-8H2,1H3;1-2H2. The molecule has 0 saturated heterocycles. The molecule has 0 saturated carbocycles. The summed E-state index contributed by atoms with van der Waals surface area (Å²) in [4.78, 5) is 0. The Labute approximate surface area is 75.3 Å². The number of hydrazine groups is 1. The molecule has 76 valence electrons. The van der Waals surface area contributed by atoms with E-state index < -0.39 is 0 Å². The second-order valence-electron chi connectivity index (χ2n) is 2.57. The zero-order valence-corrected chi connectivity index (χ0v) is 8.05. The molecule has 0 aliphatic heterocycles. The minimum Gasteiger partial charge on any atom is -0.381 e. The number of rotatable bonds is 7. The van der Waals surface area contributed by atoms with Crippen LogP contribution in [0.3, 0.4) is 0 Å². The lowest BCUT2D eigenvalue weighted by molar-refractivity contribution is 0.260. The summed E-state index contributed by atoms with van der Waals surface area (Å²) in [7, 11) is 0. The van der Waals surface area contributed by atoms with Crippen molar-refractivity contribution in [2.45, 2.75) is 39.0 Å². The topological polar surface area (TPSA) is 84.3 Å². The number of aliphatic hydroxyl groups excluding tert-OH is 1. The molecule has 0 aliphatic rings. The first-order valence-electron chi connectivity index (χ1n) is 4.56. The Kier molecular flexibility index (Phi) is 20.4. The molecule has 6 N–H and O–H groups in total. The molecular formula is C8H23N3O. The average molecular weight is 177 g/mol. The Morgan fingerprint density at radius 3 is 2.17 bits per heavy atom. The summed E-state index contributed by atoms with van der Waals surface area (Å²) in [6, 6.07) is 0. The molecule has 0 aromatic carbocycles. The van der Waals surface area contributed by atoms with Crippen LogP contribution in [0.2, 0.25) is 0 Å². The fourth-order valence-corrected chi connectivity index (χ4v) is 0.933. The maximum Gasteiger partial charge on any atom is 0.0931 e. The molecule has 0 radical (unpaired) electrons. The van der Waals surface area contributed by atoms with Crippen molar-refractivity contribution in [3.05, 3.63) is 0 Å². The third-order valence-electron chi connectivity index (χ3n) is 1.57. The van der Waals surface area contributed by atoms with Crippen molar-refractivity contribution in [1.82, 2.24) is 5.32 Å². The van der Waals surface area contributed by atoms with Gasteiger partial charge in [-0.1, -0.05) is 32.6 Å². The number of hydrogen-bond donors (Lipinski definition) is 4. The fraction of sp³-hybridized carbons (Fsp3) is 1.00. The van der Waals surface area contributed by atoms with Gasteiger partial charge in [-0.2, -0.15) is 0 Å². The largest absolute Gasteiger partial charge is 0.381 e. The van der Waals surface area contributed by atoms with Gasteiger partial charge >= 0.3 is 0 Å². The molecule has 0 bridgehead atoms. The third kappa shape index (κ3) is 16.4. The quantitative estimate of drug-likeness (QED) is 0.195. The smallest absolute Gasteiger partial charge is 0.0931 e. The minimum atomic E-state index is 0.119. The van der Waals surface area contributed by atoms with Gasteiger partial charge in [0.25, 0.3) is 0 Å². The third-order valence-corrected chi connectivity index (χ3v) is 1.57. The number of hydrogen-bond acceptors (Lipinski definition) is 4. The van der Waals surface area contributed by atoms with Crippen LogP contribution < -0.4 is 17.0 Å². The number of nitrogens with two attached hydrogens (primary N) is 2. The molecule has 4 heteroatoms. The van der Waals surface area contributed by atoms with Crippen molar-refractivity contribution >= 4 is 0 Å². The van der Waals surface area contributed by atoms with Gasteiger partial charge in [0.05, 0.1) is 6.73 Å². The van der Waals surface area contributed by atoms with E-state index in [4.69, 9.17) is 5.11 Å². The highest BCUT2D eigenvalue weighted by molar-refractivity contribution is 4.44. The SMILES string of the molecule is CCCCCCCNCO.NN. The predicted molar refractivity (Wildman–Crippen MR) is 52.2 cm³/mol. The Bertz CT molecular complexity index is 54.3. The molecule has 0 aromatic rings. The zero-order valence-electron chi connectivity index (χ0n) is 8.05. The second kappa shape index (κ2) is 17.1. The first kappa shape index (κ1) is 14.4. The summed E-state index contributed by atoms with van der Waals surface area (Å²) in [5.74, 6) is 8.00. The number of nitrogens with one attached hydrogen (secondary N) is 1. The van der Waals surface area contributed by atoms with Crippen LogP contribution in [0.15, 0.2) is 0 Å². The Morgan fingerprint density at radius 2 is 1.67 bits per heavy atom. The zero-order chi connectivity index (χ0) is 9.66. The van der Waals surface area contributed by atoms with Gasteiger partial charge in [0, 0.05) is 0 Å². The molecule has 0 aromatic heterocycles. The molecule has 0 atom stereocenters. The summed E-state index contributed by atoms with van der Waals surface area (Å²) in [6.45, 7) is 3.29. The van der Waals surface area contributed by atoms with Crippen molar-refractivity contribution in [1.29, 1.82) is 0 Å². The molecular weight excluding hydrogens is 154 g/mol. The molecule has 0 unspecified atom stereocenters. The average Bonchev–Trinajstić information content (AvgIpc) is 2.15. The summed E-state index contributed by atoms with van der Waals surface area (Å²) in [5, 5.41) is 11.2. The van der Waals surface area contributed by atoms with Gasteiger partial charge in [0.1, 0.15) is 0 Å². The van der Waals surface area contributed by atoms with Crippen LogP contribution in [0.5, 0.6) is 0 Å². The van der Waals surface area contributed by atoms with Crippen molar-refractivity contribution in [2.75, 3.05) is 13.3 Å². The Balaban J connectivity index is 0. The van der Waals surface area contributed by atoms with E-state index in [0.29, 0.717) is 0 Å². The maximum atomic E-state index is 8.36. The predicted octanol–water partition coefficient (Wildman–Crippen LogP) is 0.315. The summed E-state index contributed by atoms with van der Waals surface area (Å²) >= 11 is 0. The lowest BCUT2D eigenvalue weighted by Gasteiger charge is -1.99. The molecule has 0 aliphatic carbocycles. The lowest BCUT2D eigenvalue weighted by atomic mass is 10.1. The highest BCUT2D eigenvalue weighted by Gasteiger charge is 1.86. The van der Waals surface area contributed by atoms with Crippen molar-refractivity contribution in [3.8, 4) is 0 Å². The van der Waals surface area contributed by atoms with E-state index in [9.17, 15) is 0 Å². The van der Waals surface area contributed by atoms with Crippen molar-refractivity contribution in [2.24, 2.45) is 11.7 Å².